The molecule has 2 aromatic carbocycles. The fourth-order valence-corrected chi connectivity index (χ4v) is 3.61. The fourth-order valence-electron chi connectivity index (χ4n) is 3.61. The Bertz CT molecular complexity index is 808. The molecule has 1 aliphatic rings. The van der Waals surface area contributed by atoms with E-state index in [0.29, 0.717) is 12.3 Å². The van der Waals surface area contributed by atoms with Crippen molar-refractivity contribution in [2.45, 2.75) is 19.0 Å². The molecule has 1 saturated heterocycles. The van der Waals surface area contributed by atoms with E-state index >= 15 is 0 Å². The van der Waals surface area contributed by atoms with Crippen LogP contribution in [0.3, 0.4) is 0 Å². The first-order valence-electron chi connectivity index (χ1n) is 9.54. The molecule has 1 N–H and O–H groups in total. The number of hydrogen-bond donors (Lipinski definition) is 1. The van der Waals surface area contributed by atoms with Crippen LogP contribution >= 0.6 is 0 Å². The summed E-state index contributed by atoms with van der Waals surface area (Å²) < 4.78 is 19.0. The molecular formula is C22H28FN3O2. The van der Waals surface area contributed by atoms with Gasteiger partial charge in [0.25, 0.3) is 0 Å². The summed E-state index contributed by atoms with van der Waals surface area (Å²) in [5, 5.41) is 3.10. The van der Waals surface area contributed by atoms with Crippen molar-refractivity contribution >= 4 is 5.91 Å². The van der Waals surface area contributed by atoms with Crippen molar-refractivity contribution in [3.8, 4) is 16.9 Å². The second-order valence-electron chi connectivity index (χ2n) is 7.57. The third-order valence-electron chi connectivity index (χ3n) is 4.93. The molecule has 1 unspecified atom stereocenters. The molecule has 1 aliphatic heterocycles. The van der Waals surface area contributed by atoms with Crippen molar-refractivity contribution in [2.75, 3.05) is 40.8 Å². The first kappa shape index (κ1) is 20.3. The Labute approximate surface area is 166 Å². The molecule has 0 saturated carbocycles. The summed E-state index contributed by atoms with van der Waals surface area (Å²) in [4.78, 5) is 16.1. The molecule has 0 radical (unpaired) electrons. The van der Waals surface area contributed by atoms with Crippen molar-refractivity contribution in [3.63, 3.8) is 0 Å². The van der Waals surface area contributed by atoms with Crippen molar-refractivity contribution in [2.24, 2.45) is 0 Å². The van der Waals surface area contributed by atoms with Crippen molar-refractivity contribution < 1.29 is 13.9 Å². The number of methoxy groups -OCH3 is 1. The average Bonchev–Trinajstić information content (AvgIpc) is 3.08. The third-order valence-corrected chi connectivity index (χ3v) is 4.93. The van der Waals surface area contributed by atoms with Gasteiger partial charge in [-0.15, -0.1) is 0 Å². The summed E-state index contributed by atoms with van der Waals surface area (Å²) in [5.41, 5.74) is 2.87. The van der Waals surface area contributed by atoms with Crippen LogP contribution in [0.15, 0.2) is 42.5 Å². The molecule has 150 valence electrons. The molecule has 1 fully saturated rings. The lowest BCUT2D eigenvalue weighted by molar-refractivity contribution is -0.122. The minimum atomic E-state index is -0.278. The Morgan fingerprint density at radius 1 is 1.25 bits per heavy atom. The van der Waals surface area contributed by atoms with Gasteiger partial charge in [-0.3, -0.25) is 9.69 Å². The van der Waals surface area contributed by atoms with Crippen LogP contribution in [0.4, 0.5) is 4.39 Å². The number of nitrogens with one attached hydrogen (secondary N) is 1. The number of carbonyl (C=O) groups excluding carboxylic acids is 1. The van der Waals surface area contributed by atoms with Crippen LogP contribution in [0.25, 0.3) is 11.1 Å². The minimum absolute atomic E-state index is 0.0743. The van der Waals surface area contributed by atoms with Crippen molar-refractivity contribution in [1.29, 1.82) is 0 Å². The Morgan fingerprint density at radius 2 is 2.00 bits per heavy atom. The molecule has 0 aromatic heterocycles. The van der Waals surface area contributed by atoms with Crippen LogP contribution < -0.4 is 10.1 Å². The van der Waals surface area contributed by atoms with E-state index < -0.39 is 0 Å². The molecule has 0 aliphatic carbocycles. The zero-order valence-electron chi connectivity index (χ0n) is 16.7. The molecule has 5 nitrogen and oxygen atoms in total. The zero-order chi connectivity index (χ0) is 20.1. The van der Waals surface area contributed by atoms with Gasteiger partial charge in [0.05, 0.1) is 13.7 Å². The van der Waals surface area contributed by atoms with Crippen LogP contribution in [0, 0.1) is 5.82 Å². The van der Waals surface area contributed by atoms with E-state index in [-0.39, 0.29) is 17.8 Å². The van der Waals surface area contributed by atoms with Crippen LogP contribution in [0.2, 0.25) is 0 Å². The van der Waals surface area contributed by atoms with E-state index in [2.05, 4.69) is 22.3 Å². The lowest BCUT2D eigenvalue weighted by Gasteiger charge is -2.18. The zero-order valence-corrected chi connectivity index (χ0v) is 16.7. The van der Waals surface area contributed by atoms with Gasteiger partial charge in [-0.25, -0.2) is 4.39 Å². The van der Waals surface area contributed by atoms with Crippen LogP contribution in [0.1, 0.15) is 12.0 Å². The number of carbonyl (C=O) groups is 1. The molecule has 6 heteroatoms. The van der Waals surface area contributed by atoms with Gasteiger partial charge >= 0.3 is 0 Å². The maximum absolute atomic E-state index is 13.6. The van der Waals surface area contributed by atoms with Crippen LogP contribution in [-0.2, 0) is 11.3 Å². The second kappa shape index (κ2) is 9.17. The highest BCUT2D eigenvalue weighted by molar-refractivity contribution is 5.78. The standard InChI is InChI=1S/C22H28FN3O2/c1-25(2)15-22(27)24-19-10-11-26(14-19)13-16-4-6-17(7-5-16)20-12-18(23)8-9-21(20)28-3/h4-9,12,19H,10-11,13-15H2,1-3H3,(H,24,27). The summed E-state index contributed by atoms with van der Waals surface area (Å²) in [6.07, 6.45) is 0.970. The highest BCUT2D eigenvalue weighted by Gasteiger charge is 2.23. The van der Waals surface area contributed by atoms with Gasteiger partial charge in [0, 0.05) is 31.2 Å². The van der Waals surface area contributed by atoms with E-state index in [1.165, 1.54) is 17.7 Å². The molecule has 3 rings (SSSR count). The van der Waals surface area contributed by atoms with Gasteiger partial charge in [0.15, 0.2) is 0 Å². The van der Waals surface area contributed by atoms with Gasteiger partial charge in [-0.1, -0.05) is 24.3 Å². The summed E-state index contributed by atoms with van der Waals surface area (Å²) in [7, 11) is 5.37. The number of likely N-dealkylation sites (tertiary alicyclic amines) is 1. The van der Waals surface area contributed by atoms with Crippen molar-refractivity contribution in [1.82, 2.24) is 15.1 Å². The first-order valence-corrected chi connectivity index (χ1v) is 9.54. The molecule has 2 aromatic rings. The first-order chi connectivity index (χ1) is 13.4. The van der Waals surface area contributed by atoms with Crippen molar-refractivity contribution in [3.05, 3.63) is 53.8 Å². The molecule has 1 amide bonds. The summed E-state index contributed by atoms with van der Waals surface area (Å²) >= 11 is 0. The minimum Gasteiger partial charge on any atom is -0.496 e. The van der Waals surface area contributed by atoms with E-state index in [9.17, 15) is 9.18 Å². The van der Waals surface area contributed by atoms with Gasteiger partial charge in [-0.05, 0) is 49.8 Å². The smallest absolute Gasteiger partial charge is 0.234 e. The van der Waals surface area contributed by atoms with Crippen LogP contribution in [0.5, 0.6) is 5.75 Å². The predicted octanol–water partition coefficient (Wildman–Crippen LogP) is 2.75. The highest BCUT2D eigenvalue weighted by Crippen LogP contribution is 2.31. The Kier molecular flexibility index (Phi) is 6.65. The molecular weight excluding hydrogens is 357 g/mol. The number of hydrogen-bond acceptors (Lipinski definition) is 4. The molecule has 1 atom stereocenters. The van der Waals surface area contributed by atoms with Gasteiger partial charge in [0.1, 0.15) is 11.6 Å². The van der Waals surface area contributed by atoms with Gasteiger partial charge < -0.3 is 15.0 Å². The number of ether oxygens (including phenoxy) is 1. The number of likely N-dealkylation sites (N-methyl/N-ethyl adjacent to an activating group) is 1. The monoisotopic (exact) mass is 385 g/mol. The van der Waals surface area contributed by atoms with E-state index in [4.69, 9.17) is 4.74 Å². The Morgan fingerprint density at radius 3 is 2.68 bits per heavy atom. The maximum atomic E-state index is 13.6. The summed E-state index contributed by atoms with van der Waals surface area (Å²) in [5.74, 6) is 0.453. The SMILES string of the molecule is COc1ccc(F)cc1-c1ccc(CN2CCC(NC(=O)CN(C)C)C2)cc1. The molecule has 28 heavy (non-hydrogen) atoms. The number of nitrogens with zero attached hydrogens (tertiary/aromatic N) is 2. The summed E-state index contributed by atoms with van der Waals surface area (Å²) in [6.45, 7) is 3.08. The largest absolute Gasteiger partial charge is 0.496 e. The number of halogens is 1. The highest BCUT2D eigenvalue weighted by atomic mass is 19.1. The fraction of sp³-hybridized carbons (Fsp3) is 0.409. The lowest BCUT2D eigenvalue weighted by Crippen LogP contribution is -2.41. The summed E-state index contributed by atoms with van der Waals surface area (Å²) in [6, 6.07) is 12.9. The number of rotatable bonds is 7. The number of benzene rings is 2. The average molecular weight is 385 g/mol. The van der Waals surface area contributed by atoms with E-state index in [0.717, 1.165) is 37.2 Å². The lowest BCUT2D eigenvalue weighted by atomic mass is 10.0. The maximum Gasteiger partial charge on any atom is 0.234 e. The van der Waals surface area contributed by atoms with Gasteiger partial charge in [-0.2, -0.15) is 0 Å². The Balaban J connectivity index is 1.58. The second-order valence-corrected chi connectivity index (χ2v) is 7.57. The normalized spacial score (nSPS) is 17.1. The Hall–Kier alpha value is -2.44. The van der Waals surface area contributed by atoms with E-state index in [1.807, 2.05) is 31.1 Å². The number of amides is 1. The van der Waals surface area contributed by atoms with Crippen LogP contribution in [-0.4, -0.2) is 62.6 Å². The third kappa shape index (κ3) is 5.30. The van der Waals surface area contributed by atoms with Gasteiger partial charge in [0.2, 0.25) is 5.91 Å². The quantitative estimate of drug-likeness (QED) is 0.796. The molecule has 1 heterocycles. The predicted molar refractivity (Wildman–Crippen MR) is 109 cm³/mol. The van der Waals surface area contributed by atoms with E-state index in [1.54, 1.807) is 13.2 Å². The molecule has 0 spiro atoms. The topological polar surface area (TPSA) is 44.8 Å². The molecule has 0 bridgehead atoms.